The molecule has 4 rings (SSSR count). The van der Waals surface area contributed by atoms with Gasteiger partial charge >= 0.3 is 0 Å². The zero-order valence-corrected chi connectivity index (χ0v) is 47.7. The highest BCUT2D eigenvalue weighted by Crippen LogP contribution is 2.21. The molecule has 0 radical (unpaired) electrons. The highest BCUT2D eigenvalue weighted by atomic mass is 32.2. The van der Waals surface area contributed by atoms with Crippen molar-refractivity contribution in [3.63, 3.8) is 0 Å². The van der Waals surface area contributed by atoms with E-state index in [9.17, 15) is 78.0 Å². The van der Waals surface area contributed by atoms with Gasteiger partial charge in [0.05, 0.1) is 18.6 Å². The molecule has 0 bridgehead atoms. The summed E-state index contributed by atoms with van der Waals surface area (Å²) < 4.78 is 0. The van der Waals surface area contributed by atoms with E-state index in [2.05, 4.69) is 73.1 Å². The lowest BCUT2D eigenvalue weighted by atomic mass is 10.0. The van der Waals surface area contributed by atoms with E-state index in [4.69, 9.17) is 11.5 Å². The molecule has 2 aromatic carbocycles. The fraction of sp³-hybridized carbons (Fsp3) is 0.529. The standard InChI is InChI=1S/C51H72N12O16S3/c1-24(64)40-49(77)57-33(20-27-8-12-29(67)13-9-27)44(72)54-30(14-15-38(52)68)42(70)55-31(16-18-82-3)43(71)59-36(23-81)47(75)60-35(22-80)46(74)56-32(19-26-6-10-28(66)11-7-26)45(73)58-34(21-39(53)69)51(79)63-17-4-5-37(63)48(76)61-41(25(2)65)50(78)62-40/h6-13,24-25,30-37,40-41,64-67,80-81H,4-5,14-23H2,1-3H3,(H2,52,68)(H2,53,69)(H,54,72)(H,55,70)(H,56,74)(H,57,77)(H,58,73)(H,59,71)(H,60,75)(H,61,76)(H,62,78)/t24-,25-,30+,31+,32+,33+,34+,35+,36+,37+,40+,41+/m1/s1. The largest absolute Gasteiger partial charge is 0.508 e. The molecule has 2 saturated heterocycles. The fourth-order valence-electron chi connectivity index (χ4n) is 8.70. The van der Waals surface area contributed by atoms with Crippen LogP contribution in [0.3, 0.4) is 0 Å². The number of hydrogen-bond acceptors (Lipinski definition) is 19. The molecule has 82 heavy (non-hydrogen) atoms. The Hall–Kier alpha value is -7.35. The first kappa shape index (κ1) is 67.2. The number of phenolic OH excluding ortho intramolecular Hbond substituents is 2. The summed E-state index contributed by atoms with van der Waals surface area (Å²) in [6.45, 7) is 2.09. The second kappa shape index (κ2) is 32.3. The van der Waals surface area contributed by atoms with E-state index in [1.807, 2.05) is 0 Å². The number of nitrogens with zero attached hydrogens (tertiary/aromatic N) is 1. The Morgan fingerprint density at radius 1 is 0.549 bits per heavy atom. The van der Waals surface area contributed by atoms with Gasteiger partial charge in [0.1, 0.15) is 71.9 Å². The SMILES string of the molecule is CSCC[C@@H]1NC(=O)[C@H](CCC(N)=O)NC(=O)[C@H](Cc2ccc(O)cc2)NC(=O)[C@H]([C@@H](C)O)NC(=O)[C@H]([C@@H](C)O)NC(=O)[C@@H]2CCCN2C(=O)[C@H](CC(N)=O)NC(=O)[C@H](Cc2ccc(O)cc2)NC(=O)[C@H](CS)NC(=O)[C@H](CS)NC1=O. The van der Waals surface area contributed by atoms with Crippen LogP contribution in [-0.4, -0.2) is 199 Å². The molecule has 2 aliphatic rings. The van der Waals surface area contributed by atoms with E-state index < -0.39 is 169 Å². The predicted octanol–water partition coefficient (Wildman–Crippen LogP) is -5.23. The van der Waals surface area contributed by atoms with Crippen LogP contribution in [0.25, 0.3) is 0 Å². The third-order valence-corrected chi connectivity index (χ3v) is 14.6. The van der Waals surface area contributed by atoms with Crippen molar-refractivity contribution in [3.05, 3.63) is 59.7 Å². The summed E-state index contributed by atoms with van der Waals surface area (Å²) in [6.07, 6.45) is -4.12. The number of benzene rings is 2. The zero-order chi connectivity index (χ0) is 61.0. The summed E-state index contributed by atoms with van der Waals surface area (Å²) in [4.78, 5) is 167. The molecule has 12 amide bonds. The average molecular weight is 1210 g/mol. The molecule has 0 aliphatic carbocycles. The smallest absolute Gasteiger partial charge is 0.246 e. The third kappa shape index (κ3) is 20.3. The number of thiol groups is 2. The molecule has 12 atom stereocenters. The number of carbonyl (C=O) groups excluding carboxylic acids is 12. The molecule has 450 valence electrons. The number of aliphatic hydroxyl groups is 2. The molecule has 2 aromatic rings. The molecule has 0 aromatic heterocycles. The number of primary amides is 2. The Morgan fingerprint density at radius 2 is 0.927 bits per heavy atom. The van der Waals surface area contributed by atoms with Crippen molar-refractivity contribution in [2.24, 2.45) is 11.5 Å². The lowest BCUT2D eigenvalue weighted by molar-refractivity contribution is -0.144. The number of aromatic hydroxyl groups is 2. The van der Waals surface area contributed by atoms with Crippen molar-refractivity contribution < 1.29 is 78.0 Å². The second-order valence-electron chi connectivity index (χ2n) is 19.6. The van der Waals surface area contributed by atoms with Crippen LogP contribution < -0.4 is 59.3 Å². The second-order valence-corrected chi connectivity index (χ2v) is 21.4. The molecular formula is C51H72N12O16S3. The number of thioether (sulfide) groups is 1. The van der Waals surface area contributed by atoms with Crippen molar-refractivity contribution >= 4 is 108 Å². The molecule has 2 aliphatic heterocycles. The minimum atomic E-state index is -1.93. The highest BCUT2D eigenvalue weighted by Gasteiger charge is 2.42. The van der Waals surface area contributed by atoms with Crippen LogP contribution in [0.5, 0.6) is 11.5 Å². The van der Waals surface area contributed by atoms with Crippen molar-refractivity contribution in [1.29, 1.82) is 0 Å². The molecule has 0 saturated carbocycles. The Bertz CT molecular complexity index is 2640. The van der Waals surface area contributed by atoms with Crippen LogP contribution in [0.1, 0.15) is 63.5 Å². The van der Waals surface area contributed by atoms with Gasteiger partial charge in [-0.05, 0) is 86.9 Å². The molecule has 0 spiro atoms. The molecule has 17 N–H and O–H groups in total. The van der Waals surface area contributed by atoms with Gasteiger partial charge in [-0.15, -0.1) is 0 Å². The number of amides is 12. The lowest BCUT2D eigenvalue weighted by Crippen LogP contribution is -2.63. The minimum Gasteiger partial charge on any atom is -0.508 e. The van der Waals surface area contributed by atoms with Gasteiger partial charge in [-0.2, -0.15) is 37.0 Å². The fourth-order valence-corrected chi connectivity index (χ4v) is 9.69. The number of carbonyl (C=O) groups is 12. The summed E-state index contributed by atoms with van der Waals surface area (Å²) in [5, 5.41) is 63.7. The number of nitrogens with one attached hydrogen (secondary N) is 9. The van der Waals surface area contributed by atoms with Crippen molar-refractivity contribution in [3.8, 4) is 11.5 Å². The monoisotopic (exact) mass is 1200 g/mol. The van der Waals surface area contributed by atoms with Gasteiger partial charge in [0, 0.05) is 37.3 Å². The molecule has 0 unspecified atom stereocenters. The first-order valence-corrected chi connectivity index (χ1v) is 28.7. The van der Waals surface area contributed by atoms with Gasteiger partial charge < -0.3 is 84.6 Å². The number of fused-ring (bicyclic) bond motifs is 1. The van der Waals surface area contributed by atoms with E-state index in [1.54, 1.807) is 6.26 Å². The van der Waals surface area contributed by atoms with Crippen LogP contribution in [0.15, 0.2) is 48.5 Å². The number of hydrogen-bond donors (Lipinski definition) is 17. The summed E-state index contributed by atoms with van der Waals surface area (Å²) in [6, 6.07) is -5.56. The zero-order valence-electron chi connectivity index (χ0n) is 45.1. The van der Waals surface area contributed by atoms with Crippen molar-refractivity contribution in [2.75, 3.05) is 30.1 Å². The molecule has 28 nitrogen and oxygen atoms in total. The van der Waals surface area contributed by atoms with Gasteiger partial charge in [-0.25, -0.2) is 0 Å². The Labute approximate surface area is 487 Å². The molecule has 31 heteroatoms. The normalized spacial score (nSPS) is 26.2. The van der Waals surface area contributed by atoms with E-state index in [1.165, 1.54) is 60.3 Å². The maximum absolute atomic E-state index is 14.4. The quantitative estimate of drug-likeness (QED) is 0.0699. The number of aliphatic hydroxyl groups excluding tert-OH is 2. The van der Waals surface area contributed by atoms with Crippen LogP contribution in [0, 0.1) is 0 Å². The molecule has 2 heterocycles. The number of rotatable bonds is 16. The highest BCUT2D eigenvalue weighted by molar-refractivity contribution is 7.98. The summed E-state index contributed by atoms with van der Waals surface area (Å²) in [5.41, 5.74) is 11.7. The van der Waals surface area contributed by atoms with Gasteiger partial charge in [0.15, 0.2) is 0 Å². The first-order valence-electron chi connectivity index (χ1n) is 26.0. The van der Waals surface area contributed by atoms with Crippen LogP contribution >= 0.6 is 37.0 Å². The van der Waals surface area contributed by atoms with Gasteiger partial charge in [-0.3, -0.25) is 57.5 Å². The number of phenols is 2. The Kier molecular flexibility index (Phi) is 26.5. The number of nitrogens with two attached hydrogens (primary N) is 2. The van der Waals surface area contributed by atoms with Gasteiger partial charge in [0.25, 0.3) is 0 Å². The van der Waals surface area contributed by atoms with Crippen molar-refractivity contribution in [2.45, 2.75) is 138 Å². The van der Waals surface area contributed by atoms with Gasteiger partial charge in [-0.1, -0.05) is 24.3 Å². The lowest BCUT2D eigenvalue weighted by Gasteiger charge is -2.31. The Balaban J connectivity index is 1.83. The summed E-state index contributed by atoms with van der Waals surface area (Å²) in [5.74, 6) is -13.3. The van der Waals surface area contributed by atoms with Crippen molar-refractivity contribution in [1.82, 2.24) is 52.8 Å². The minimum absolute atomic E-state index is 0.0378. The van der Waals surface area contributed by atoms with Crippen LogP contribution in [0.4, 0.5) is 0 Å². The van der Waals surface area contributed by atoms with E-state index >= 15 is 0 Å². The van der Waals surface area contributed by atoms with Gasteiger partial charge in [0.2, 0.25) is 70.9 Å². The predicted molar refractivity (Wildman–Crippen MR) is 302 cm³/mol. The molecular weight excluding hydrogens is 1130 g/mol. The van der Waals surface area contributed by atoms with Crippen LogP contribution in [0.2, 0.25) is 0 Å². The summed E-state index contributed by atoms with van der Waals surface area (Å²) in [7, 11) is 0. The third-order valence-electron chi connectivity index (χ3n) is 13.2. The van der Waals surface area contributed by atoms with Crippen LogP contribution in [-0.2, 0) is 70.4 Å². The van der Waals surface area contributed by atoms with E-state index in [0.717, 1.165) is 18.7 Å². The maximum Gasteiger partial charge on any atom is 0.246 e. The van der Waals surface area contributed by atoms with E-state index in [-0.39, 0.29) is 61.7 Å². The topological polar surface area (TPSA) is 449 Å². The first-order chi connectivity index (χ1) is 38.8. The molecule has 2 fully saturated rings. The maximum atomic E-state index is 14.4. The Morgan fingerprint density at radius 3 is 1.35 bits per heavy atom. The summed E-state index contributed by atoms with van der Waals surface area (Å²) >= 11 is 9.76. The van der Waals surface area contributed by atoms with E-state index in [0.29, 0.717) is 11.1 Å². The average Bonchev–Trinajstić information content (AvgIpc) is 3.92.